The van der Waals surface area contributed by atoms with Gasteiger partial charge in [-0.25, -0.2) is 4.98 Å². The maximum Gasteiger partial charge on any atom is 0.152 e. The summed E-state index contributed by atoms with van der Waals surface area (Å²) in [6, 6.07) is 7.80. The minimum absolute atomic E-state index is 0.377. The van der Waals surface area contributed by atoms with E-state index in [1.165, 1.54) is 0 Å². The van der Waals surface area contributed by atoms with Crippen LogP contribution < -0.4 is 5.73 Å². The van der Waals surface area contributed by atoms with Crippen molar-refractivity contribution in [2.24, 2.45) is 0 Å². The van der Waals surface area contributed by atoms with E-state index in [4.69, 9.17) is 17.3 Å². The first-order chi connectivity index (χ1) is 6.18. The molecule has 0 fully saturated rings. The molecule has 2 nitrogen and oxygen atoms in total. The zero-order valence-electron chi connectivity index (χ0n) is 7.21. The molecule has 0 aliphatic carbocycles. The Hall–Kier alpha value is -1.28. The number of fused-ring (bicyclic) bond motifs is 1. The second kappa shape index (κ2) is 2.89. The average molecular weight is 193 g/mol. The Bertz CT molecular complexity index is 466. The number of nitrogen functional groups attached to an aromatic ring is 1. The molecule has 1 aromatic carbocycles. The quantitative estimate of drug-likeness (QED) is 0.652. The molecule has 0 aliphatic heterocycles. The molecule has 2 rings (SSSR count). The molecule has 1 heterocycles. The Morgan fingerprint density at radius 2 is 2.15 bits per heavy atom. The number of halogens is 1. The van der Waals surface area contributed by atoms with Crippen LogP contribution in [0.4, 0.5) is 5.69 Å². The molecule has 0 atom stereocenters. The fourth-order valence-corrected chi connectivity index (χ4v) is 1.48. The highest BCUT2D eigenvalue weighted by Crippen LogP contribution is 2.23. The molecule has 0 saturated heterocycles. The summed E-state index contributed by atoms with van der Waals surface area (Å²) in [6.45, 7) is 2.00. The summed E-state index contributed by atoms with van der Waals surface area (Å²) in [6.07, 6.45) is 0. The van der Waals surface area contributed by atoms with Crippen LogP contribution in [0.15, 0.2) is 24.3 Å². The normalized spacial score (nSPS) is 10.6. The fraction of sp³-hybridized carbons (Fsp3) is 0.100. The summed E-state index contributed by atoms with van der Waals surface area (Å²) in [4.78, 5) is 4.22. The van der Waals surface area contributed by atoms with Gasteiger partial charge in [0.1, 0.15) is 0 Å². The van der Waals surface area contributed by atoms with E-state index in [0.717, 1.165) is 16.5 Å². The van der Waals surface area contributed by atoms with Gasteiger partial charge >= 0.3 is 0 Å². The number of rotatable bonds is 0. The van der Waals surface area contributed by atoms with Gasteiger partial charge in [0.25, 0.3) is 0 Å². The maximum atomic E-state index is 5.82. The number of nitrogens with zero attached hydrogens (tertiary/aromatic N) is 1. The molecule has 0 radical (unpaired) electrons. The molecular formula is C10H9ClN2. The van der Waals surface area contributed by atoms with Crippen LogP contribution in [-0.2, 0) is 0 Å². The molecule has 0 saturated carbocycles. The van der Waals surface area contributed by atoms with E-state index in [1.54, 1.807) is 0 Å². The Kier molecular flexibility index (Phi) is 1.85. The van der Waals surface area contributed by atoms with Crippen LogP contribution in [0.5, 0.6) is 0 Å². The van der Waals surface area contributed by atoms with Crippen molar-refractivity contribution in [2.45, 2.75) is 6.92 Å². The van der Waals surface area contributed by atoms with Crippen molar-refractivity contribution in [2.75, 3.05) is 5.73 Å². The number of aryl methyl sites for hydroxylation is 1. The van der Waals surface area contributed by atoms with Crippen LogP contribution in [0.2, 0.25) is 5.15 Å². The van der Waals surface area contributed by atoms with E-state index in [2.05, 4.69) is 4.98 Å². The zero-order chi connectivity index (χ0) is 9.42. The van der Waals surface area contributed by atoms with Crippen molar-refractivity contribution in [3.63, 3.8) is 0 Å². The Labute approximate surface area is 81.3 Å². The monoisotopic (exact) mass is 192 g/mol. The van der Waals surface area contributed by atoms with Gasteiger partial charge in [-0.2, -0.15) is 0 Å². The number of benzene rings is 1. The Balaban J connectivity index is 2.89. The van der Waals surface area contributed by atoms with Crippen LogP contribution in [0.3, 0.4) is 0 Å². The maximum absolute atomic E-state index is 5.82. The third-order valence-electron chi connectivity index (χ3n) is 2.03. The minimum atomic E-state index is 0.377. The molecule has 0 spiro atoms. The highest BCUT2D eigenvalue weighted by atomic mass is 35.5. The van der Waals surface area contributed by atoms with Crippen molar-refractivity contribution in [3.05, 3.63) is 35.0 Å². The highest BCUT2D eigenvalue weighted by molar-refractivity contribution is 6.32. The van der Waals surface area contributed by atoms with E-state index in [1.807, 2.05) is 31.2 Å². The molecule has 0 amide bonds. The van der Waals surface area contributed by atoms with Crippen molar-refractivity contribution in [3.8, 4) is 0 Å². The summed E-state index contributed by atoms with van der Waals surface area (Å²) in [5, 5.41) is 1.41. The van der Waals surface area contributed by atoms with Crippen molar-refractivity contribution < 1.29 is 0 Å². The van der Waals surface area contributed by atoms with Gasteiger partial charge in [0.15, 0.2) is 5.15 Å². The molecule has 2 N–H and O–H groups in total. The SMILES string of the molecule is Cc1cccc2cc(N)c(Cl)nc12. The standard InChI is InChI=1S/C10H9ClN2/c1-6-3-2-4-7-5-8(12)10(11)13-9(6)7/h2-5H,12H2,1H3. The number of hydrogen-bond donors (Lipinski definition) is 1. The smallest absolute Gasteiger partial charge is 0.152 e. The van der Waals surface area contributed by atoms with E-state index in [0.29, 0.717) is 10.8 Å². The predicted octanol–water partition coefficient (Wildman–Crippen LogP) is 2.78. The number of nitrogens with two attached hydrogens (primary N) is 1. The molecule has 13 heavy (non-hydrogen) atoms. The van der Waals surface area contributed by atoms with Crippen LogP contribution in [0, 0.1) is 6.92 Å². The lowest BCUT2D eigenvalue weighted by Gasteiger charge is -2.03. The van der Waals surface area contributed by atoms with Crippen LogP contribution in [0.25, 0.3) is 10.9 Å². The third kappa shape index (κ3) is 1.33. The summed E-state index contributed by atoms with van der Waals surface area (Å²) >= 11 is 5.82. The lowest BCUT2D eigenvalue weighted by Crippen LogP contribution is -1.91. The summed E-state index contributed by atoms with van der Waals surface area (Å²) in [7, 11) is 0. The van der Waals surface area contributed by atoms with E-state index < -0.39 is 0 Å². The van der Waals surface area contributed by atoms with Crippen molar-refractivity contribution >= 4 is 28.2 Å². The molecule has 0 aliphatic rings. The Morgan fingerprint density at radius 1 is 1.38 bits per heavy atom. The third-order valence-corrected chi connectivity index (χ3v) is 2.33. The topological polar surface area (TPSA) is 38.9 Å². The lowest BCUT2D eigenvalue weighted by molar-refractivity contribution is 1.37. The van der Waals surface area contributed by atoms with Gasteiger partial charge in [-0.05, 0) is 18.6 Å². The van der Waals surface area contributed by atoms with Gasteiger partial charge in [0.2, 0.25) is 0 Å². The fourth-order valence-electron chi connectivity index (χ4n) is 1.34. The number of pyridine rings is 1. The van der Waals surface area contributed by atoms with Gasteiger partial charge in [-0.1, -0.05) is 29.8 Å². The summed E-state index contributed by atoms with van der Waals surface area (Å²) in [5.41, 5.74) is 8.20. The first kappa shape index (κ1) is 8.32. The molecule has 1 aromatic heterocycles. The van der Waals surface area contributed by atoms with Crippen molar-refractivity contribution in [1.82, 2.24) is 4.98 Å². The number of aromatic nitrogens is 1. The van der Waals surface area contributed by atoms with Gasteiger partial charge in [-0.15, -0.1) is 0 Å². The molecule has 3 heteroatoms. The molecule has 0 unspecified atom stereocenters. The molecule has 0 bridgehead atoms. The number of hydrogen-bond acceptors (Lipinski definition) is 2. The van der Waals surface area contributed by atoms with Crippen LogP contribution in [-0.4, -0.2) is 4.98 Å². The summed E-state index contributed by atoms with van der Waals surface area (Å²) in [5.74, 6) is 0. The summed E-state index contributed by atoms with van der Waals surface area (Å²) < 4.78 is 0. The second-order valence-electron chi connectivity index (χ2n) is 3.02. The van der Waals surface area contributed by atoms with Gasteiger partial charge in [-0.3, -0.25) is 0 Å². The number of para-hydroxylation sites is 1. The molecule has 2 aromatic rings. The minimum Gasteiger partial charge on any atom is -0.396 e. The lowest BCUT2D eigenvalue weighted by atomic mass is 10.1. The van der Waals surface area contributed by atoms with E-state index in [9.17, 15) is 0 Å². The van der Waals surface area contributed by atoms with Crippen LogP contribution >= 0.6 is 11.6 Å². The van der Waals surface area contributed by atoms with Gasteiger partial charge in [0, 0.05) is 5.39 Å². The highest BCUT2D eigenvalue weighted by Gasteiger charge is 2.02. The van der Waals surface area contributed by atoms with Crippen molar-refractivity contribution in [1.29, 1.82) is 0 Å². The van der Waals surface area contributed by atoms with Gasteiger partial charge < -0.3 is 5.73 Å². The zero-order valence-corrected chi connectivity index (χ0v) is 7.97. The largest absolute Gasteiger partial charge is 0.396 e. The van der Waals surface area contributed by atoms with Gasteiger partial charge in [0.05, 0.1) is 11.2 Å². The average Bonchev–Trinajstić information content (AvgIpc) is 2.09. The Morgan fingerprint density at radius 3 is 2.92 bits per heavy atom. The van der Waals surface area contributed by atoms with Crippen LogP contribution in [0.1, 0.15) is 5.56 Å². The predicted molar refractivity (Wildman–Crippen MR) is 55.9 cm³/mol. The first-order valence-corrected chi connectivity index (χ1v) is 4.37. The number of anilines is 1. The van der Waals surface area contributed by atoms with E-state index >= 15 is 0 Å². The molecular weight excluding hydrogens is 184 g/mol. The first-order valence-electron chi connectivity index (χ1n) is 4.00. The second-order valence-corrected chi connectivity index (χ2v) is 3.37. The molecule has 66 valence electrons. The van der Waals surface area contributed by atoms with E-state index in [-0.39, 0.29) is 0 Å².